The van der Waals surface area contributed by atoms with Gasteiger partial charge in [0.25, 0.3) is 0 Å². The number of hydrogen-bond donors (Lipinski definition) is 0. The third-order valence-electron chi connectivity index (χ3n) is 6.88. The molecular weight excluding hydrogens is 344 g/mol. The van der Waals surface area contributed by atoms with Crippen LogP contribution in [0.3, 0.4) is 0 Å². The number of rotatable bonds is 3. The Kier molecular flexibility index (Phi) is 5.24. The van der Waals surface area contributed by atoms with Gasteiger partial charge in [0.15, 0.2) is 0 Å². The molecular formula is C22H30O5. The van der Waals surface area contributed by atoms with Crippen molar-refractivity contribution in [1.82, 2.24) is 0 Å². The minimum Gasteiger partial charge on any atom is -0.469 e. The highest BCUT2D eigenvalue weighted by Gasteiger charge is 2.57. The molecule has 1 aromatic heterocycles. The van der Waals surface area contributed by atoms with Gasteiger partial charge in [-0.2, -0.15) is 0 Å². The fourth-order valence-electron chi connectivity index (χ4n) is 4.90. The third kappa shape index (κ3) is 3.21. The lowest BCUT2D eigenvalue weighted by molar-refractivity contribution is -0.184. The highest BCUT2D eigenvalue weighted by atomic mass is 16.6. The van der Waals surface area contributed by atoms with Crippen molar-refractivity contribution in [3.63, 3.8) is 0 Å². The second-order valence-corrected chi connectivity index (χ2v) is 8.29. The van der Waals surface area contributed by atoms with Crippen LogP contribution < -0.4 is 0 Å². The predicted molar refractivity (Wildman–Crippen MR) is 101 cm³/mol. The summed E-state index contributed by atoms with van der Waals surface area (Å²) >= 11 is 0. The van der Waals surface area contributed by atoms with E-state index in [1.807, 2.05) is 13.8 Å². The summed E-state index contributed by atoms with van der Waals surface area (Å²) in [5.74, 6) is 0.720. The van der Waals surface area contributed by atoms with E-state index in [9.17, 15) is 9.59 Å². The monoisotopic (exact) mass is 374 g/mol. The molecule has 1 heterocycles. The van der Waals surface area contributed by atoms with Crippen LogP contribution in [0, 0.1) is 24.2 Å². The van der Waals surface area contributed by atoms with Crippen molar-refractivity contribution in [3.8, 4) is 0 Å². The summed E-state index contributed by atoms with van der Waals surface area (Å²) in [6.45, 7) is 11.3. The molecule has 5 heteroatoms. The maximum absolute atomic E-state index is 12.7. The van der Waals surface area contributed by atoms with Gasteiger partial charge in [0.1, 0.15) is 18.0 Å². The average molecular weight is 374 g/mol. The van der Waals surface area contributed by atoms with Gasteiger partial charge in [-0.05, 0) is 45.1 Å². The third-order valence-corrected chi connectivity index (χ3v) is 6.88. The Hall–Kier alpha value is -2.04. The van der Waals surface area contributed by atoms with E-state index in [4.69, 9.17) is 13.9 Å². The molecule has 0 saturated heterocycles. The van der Waals surface area contributed by atoms with E-state index in [1.165, 1.54) is 6.92 Å². The van der Waals surface area contributed by atoms with Gasteiger partial charge in [0.05, 0.1) is 6.26 Å². The molecule has 0 spiro atoms. The Labute approximate surface area is 161 Å². The maximum Gasteiger partial charge on any atom is 0.334 e. The number of carbonyl (C=O) groups excluding carboxylic acids is 2. The Morgan fingerprint density at radius 1 is 1.26 bits per heavy atom. The van der Waals surface area contributed by atoms with Crippen molar-refractivity contribution >= 4 is 11.9 Å². The molecule has 5 atom stereocenters. The van der Waals surface area contributed by atoms with Crippen LogP contribution in [-0.4, -0.2) is 18.0 Å². The largest absolute Gasteiger partial charge is 0.469 e. The fourth-order valence-corrected chi connectivity index (χ4v) is 4.90. The Morgan fingerprint density at radius 3 is 2.59 bits per heavy atom. The number of hydrogen-bond acceptors (Lipinski definition) is 5. The standard InChI is InChI=1S/C22H30O5/c1-7-12(2)21(24)27-20-19-13(3)11-25-18(19)10-16-8-9-17(26-15(5)23)14(4)22(16,20)6/h7,11,14,16-17,20H,8-10H2,1-6H3/b12-7-/t14-,16+,17+,20+,22+/m0/s1. The summed E-state index contributed by atoms with van der Waals surface area (Å²) in [4.78, 5) is 24.3. The van der Waals surface area contributed by atoms with E-state index in [2.05, 4.69) is 13.8 Å². The number of carbonyl (C=O) groups is 2. The van der Waals surface area contributed by atoms with Gasteiger partial charge in [-0.3, -0.25) is 4.79 Å². The molecule has 0 unspecified atom stereocenters. The smallest absolute Gasteiger partial charge is 0.334 e. The van der Waals surface area contributed by atoms with Crippen LogP contribution in [0.1, 0.15) is 70.5 Å². The summed E-state index contributed by atoms with van der Waals surface area (Å²) in [5.41, 5.74) is 2.25. The minimum absolute atomic E-state index is 0.0614. The quantitative estimate of drug-likeness (QED) is 0.568. The topological polar surface area (TPSA) is 65.7 Å². The van der Waals surface area contributed by atoms with E-state index in [0.29, 0.717) is 11.5 Å². The number of aryl methyl sites for hydroxylation is 1. The van der Waals surface area contributed by atoms with Gasteiger partial charge in [-0.25, -0.2) is 4.79 Å². The molecule has 0 N–H and O–H groups in total. The van der Waals surface area contributed by atoms with Gasteiger partial charge >= 0.3 is 11.9 Å². The summed E-state index contributed by atoms with van der Waals surface area (Å²) in [6, 6.07) is 0. The highest BCUT2D eigenvalue weighted by molar-refractivity contribution is 5.87. The van der Waals surface area contributed by atoms with Crippen LogP contribution in [0.5, 0.6) is 0 Å². The first-order valence-electron chi connectivity index (χ1n) is 9.78. The summed E-state index contributed by atoms with van der Waals surface area (Å²) in [5, 5.41) is 0. The Bertz CT molecular complexity index is 774. The van der Waals surface area contributed by atoms with Crippen molar-refractivity contribution in [3.05, 3.63) is 34.8 Å². The molecule has 0 amide bonds. The highest BCUT2D eigenvalue weighted by Crippen LogP contribution is 2.60. The molecule has 1 saturated carbocycles. The van der Waals surface area contributed by atoms with E-state index >= 15 is 0 Å². The van der Waals surface area contributed by atoms with Crippen LogP contribution in [-0.2, 0) is 25.5 Å². The molecule has 0 radical (unpaired) electrons. The zero-order chi connectivity index (χ0) is 19.9. The van der Waals surface area contributed by atoms with Crippen LogP contribution >= 0.6 is 0 Å². The molecule has 3 rings (SSSR count). The van der Waals surface area contributed by atoms with Crippen molar-refractivity contribution in [1.29, 1.82) is 0 Å². The van der Waals surface area contributed by atoms with E-state index < -0.39 is 6.10 Å². The van der Waals surface area contributed by atoms with E-state index in [-0.39, 0.29) is 29.4 Å². The normalized spacial score (nSPS) is 33.0. The minimum atomic E-state index is -0.416. The molecule has 148 valence electrons. The van der Waals surface area contributed by atoms with Crippen molar-refractivity contribution in [2.24, 2.45) is 17.3 Å². The summed E-state index contributed by atoms with van der Waals surface area (Å²) < 4.78 is 17.5. The first-order chi connectivity index (χ1) is 12.7. The zero-order valence-corrected chi connectivity index (χ0v) is 17.1. The zero-order valence-electron chi connectivity index (χ0n) is 17.1. The second-order valence-electron chi connectivity index (χ2n) is 8.29. The number of esters is 2. The maximum atomic E-state index is 12.7. The van der Waals surface area contributed by atoms with Gasteiger partial charge in [-0.1, -0.05) is 19.9 Å². The van der Waals surface area contributed by atoms with Gasteiger partial charge in [0, 0.05) is 35.8 Å². The predicted octanol–water partition coefficient (Wildman–Crippen LogP) is 4.68. The van der Waals surface area contributed by atoms with Crippen molar-refractivity contribution < 1.29 is 23.5 Å². The Balaban J connectivity index is 2.05. The van der Waals surface area contributed by atoms with E-state index in [0.717, 1.165) is 36.1 Å². The Morgan fingerprint density at radius 2 is 1.96 bits per heavy atom. The van der Waals surface area contributed by atoms with Crippen molar-refractivity contribution in [2.45, 2.75) is 73.0 Å². The molecule has 2 aliphatic carbocycles. The molecule has 2 aliphatic rings. The number of allylic oxidation sites excluding steroid dienone is 1. The molecule has 0 bridgehead atoms. The molecule has 0 aromatic carbocycles. The van der Waals surface area contributed by atoms with Crippen LogP contribution in [0.25, 0.3) is 0 Å². The fraction of sp³-hybridized carbons (Fsp3) is 0.636. The first-order valence-corrected chi connectivity index (χ1v) is 9.78. The van der Waals surface area contributed by atoms with Gasteiger partial charge in [-0.15, -0.1) is 0 Å². The van der Waals surface area contributed by atoms with Gasteiger partial charge in [0.2, 0.25) is 0 Å². The second kappa shape index (κ2) is 7.17. The van der Waals surface area contributed by atoms with E-state index in [1.54, 1.807) is 19.3 Å². The van der Waals surface area contributed by atoms with Crippen LogP contribution in [0.15, 0.2) is 22.3 Å². The molecule has 1 fully saturated rings. The lowest BCUT2D eigenvalue weighted by Crippen LogP contribution is -2.53. The summed E-state index contributed by atoms with van der Waals surface area (Å²) in [6.07, 6.45) is 5.50. The summed E-state index contributed by atoms with van der Waals surface area (Å²) in [7, 11) is 0. The van der Waals surface area contributed by atoms with Crippen LogP contribution in [0.4, 0.5) is 0 Å². The lowest BCUT2D eigenvalue weighted by atomic mass is 9.53. The first kappa shape index (κ1) is 19.7. The number of furan rings is 1. The van der Waals surface area contributed by atoms with Crippen LogP contribution in [0.2, 0.25) is 0 Å². The van der Waals surface area contributed by atoms with Gasteiger partial charge < -0.3 is 13.9 Å². The SMILES string of the molecule is C/C=C(/C)C(=O)O[C@@H]1c2c(C)coc2C[C@H]2CC[C@@H](OC(C)=O)[C@H](C)[C@]21C. The number of ether oxygens (including phenoxy) is 2. The molecule has 5 nitrogen and oxygen atoms in total. The van der Waals surface area contributed by atoms with Crippen molar-refractivity contribution in [2.75, 3.05) is 0 Å². The molecule has 27 heavy (non-hydrogen) atoms. The average Bonchev–Trinajstić information content (AvgIpc) is 2.98. The molecule has 1 aromatic rings. The molecule has 0 aliphatic heterocycles. The number of fused-ring (bicyclic) bond motifs is 2. The lowest BCUT2D eigenvalue weighted by Gasteiger charge is -2.54.